The zero-order valence-corrected chi connectivity index (χ0v) is 8.74. The molecule has 2 heteroatoms. The van der Waals surface area contributed by atoms with Crippen molar-refractivity contribution in [1.29, 1.82) is 0 Å². The summed E-state index contributed by atoms with van der Waals surface area (Å²) >= 11 is 0. The highest BCUT2D eigenvalue weighted by Crippen LogP contribution is 2.33. The fourth-order valence-electron chi connectivity index (χ4n) is 2.42. The molecule has 0 heterocycles. The van der Waals surface area contributed by atoms with Crippen LogP contribution in [0.15, 0.2) is 24.3 Å². The minimum absolute atomic E-state index is 0.0496. The van der Waals surface area contributed by atoms with Crippen molar-refractivity contribution >= 4 is 0 Å². The predicted molar refractivity (Wildman–Crippen MR) is 62.1 cm³/mol. The van der Waals surface area contributed by atoms with Gasteiger partial charge >= 0.3 is 0 Å². The summed E-state index contributed by atoms with van der Waals surface area (Å²) in [6.45, 7) is 0. The molecule has 78 valence electrons. The first-order valence-electron chi connectivity index (χ1n) is 5.37. The third kappa shape index (κ3) is 1.90. The lowest BCUT2D eigenvalue weighted by Crippen LogP contribution is -2.39. The second kappa shape index (κ2) is 4.48. The van der Waals surface area contributed by atoms with Crippen LogP contribution in [0.4, 0.5) is 0 Å². The Morgan fingerprint density at radius 2 is 2.27 bits per heavy atom. The fraction of sp³-hybridized carbons (Fsp3) is 0.385. The number of hydrogen-bond acceptors (Lipinski definition) is 2. The van der Waals surface area contributed by atoms with Crippen LogP contribution in [0.5, 0.6) is 0 Å². The molecule has 0 spiro atoms. The maximum atomic E-state index is 5.48. The van der Waals surface area contributed by atoms with Gasteiger partial charge in [0, 0.05) is 5.92 Å². The second-order valence-corrected chi connectivity index (χ2v) is 4.01. The molecule has 0 aromatic heterocycles. The topological polar surface area (TPSA) is 38.0 Å². The highest BCUT2D eigenvalue weighted by Gasteiger charge is 2.25. The molecule has 1 aliphatic rings. The summed E-state index contributed by atoms with van der Waals surface area (Å²) in [5.41, 5.74) is 5.51. The van der Waals surface area contributed by atoms with Crippen molar-refractivity contribution in [2.75, 3.05) is 0 Å². The summed E-state index contributed by atoms with van der Waals surface area (Å²) in [5, 5.41) is 0. The minimum atomic E-state index is -0.0496. The van der Waals surface area contributed by atoms with Gasteiger partial charge in [0.15, 0.2) is 0 Å². The van der Waals surface area contributed by atoms with E-state index < -0.39 is 0 Å². The van der Waals surface area contributed by atoms with E-state index in [1.807, 2.05) is 0 Å². The molecule has 2 atom stereocenters. The number of terminal acetylenes is 1. The van der Waals surface area contributed by atoms with Crippen LogP contribution in [0.3, 0.4) is 0 Å². The standard InChI is InChI=1S/C13H16N2/c1-2-13(15-14)12-9-5-7-10-6-3-4-8-11(10)12/h1,3-4,6,8,12-13,15H,5,7,9,14H2. The fourth-order valence-corrected chi connectivity index (χ4v) is 2.42. The van der Waals surface area contributed by atoms with E-state index in [1.54, 1.807) is 0 Å². The first-order chi connectivity index (χ1) is 7.36. The van der Waals surface area contributed by atoms with Crippen LogP contribution < -0.4 is 11.3 Å². The van der Waals surface area contributed by atoms with Crippen LogP contribution >= 0.6 is 0 Å². The molecule has 15 heavy (non-hydrogen) atoms. The van der Waals surface area contributed by atoms with Gasteiger partial charge in [-0.2, -0.15) is 0 Å². The Balaban J connectivity index is 2.34. The van der Waals surface area contributed by atoms with Crippen molar-refractivity contribution < 1.29 is 0 Å². The molecule has 1 aromatic rings. The Labute approximate surface area is 90.8 Å². The van der Waals surface area contributed by atoms with Gasteiger partial charge < -0.3 is 0 Å². The van der Waals surface area contributed by atoms with Gasteiger partial charge in [0.25, 0.3) is 0 Å². The number of hydrazine groups is 1. The zero-order chi connectivity index (χ0) is 10.7. The summed E-state index contributed by atoms with van der Waals surface area (Å²) in [6.07, 6.45) is 8.96. The minimum Gasteiger partial charge on any atom is -0.270 e. The molecule has 2 rings (SSSR count). The van der Waals surface area contributed by atoms with E-state index in [-0.39, 0.29) is 6.04 Å². The zero-order valence-electron chi connectivity index (χ0n) is 8.74. The Hall–Kier alpha value is -1.30. The molecule has 1 aliphatic carbocycles. The van der Waals surface area contributed by atoms with E-state index in [9.17, 15) is 0 Å². The van der Waals surface area contributed by atoms with Crippen molar-refractivity contribution in [2.45, 2.75) is 31.2 Å². The third-order valence-electron chi connectivity index (χ3n) is 3.18. The summed E-state index contributed by atoms with van der Waals surface area (Å²) in [4.78, 5) is 0. The number of fused-ring (bicyclic) bond motifs is 1. The van der Waals surface area contributed by atoms with Crippen LogP contribution in [0.25, 0.3) is 0 Å². The van der Waals surface area contributed by atoms with Gasteiger partial charge in [-0.25, -0.2) is 5.43 Å². The number of nitrogens with one attached hydrogen (secondary N) is 1. The third-order valence-corrected chi connectivity index (χ3v) is 3.18. The van der Waals surface area contributed by atoms with Crippen LogP contribution in [-0.2, 0) is 6.42 Å². The highest BCUT2D eigenvalue weighted by atomic mass is 15.2. The van der Waals surface area contributed by atoms with Gasteiger partial charge in [0.2, 0.25) is 0 Å². The van der Waals surface area contributed by atoms with Crippen molar-refractivity contribution in [1.82, 2.24) is 5.43 Å². The Morgan fingerprint density at radius 1 is 1.47 bits per heavy atom. The Kier molecular flexibility index (Phi) is 3.05. The van der Waals surface area contributed by atoms with Crippen molar-refractivity contribution in [3.63, 3.8) is 0 Å². The molecular weight excluding hydrogens is 184 g/mol. The Morgan fingerprint density at radius 3 is 3.00 bits per heavy atom. The number of hydrogen-bond donors (Lipinski definition) is 2. The summed E-state index contributed by atoms with van der Waals surface area (Å²) in [6, 6.07) is 8.46. The van der Waals surface area contributed by atoms with E-state index >= 15 is 0 Å². The quantitative estimate of drug-likeness (QED) is 0.432. The molecule has 0 radical (unpaired) electrons. The van der Waals surface area contributed by atoms with E-state index in [0.717, 1.165) is 12.8 Å². The molecular formula is C13H16N2. The monoisotopic (exact) mass is 200 g/mol. The van der Waals surface area contributed by atoms with Gasteiger partial charge in [0.05, 0.1) is 6.04 Å². The van der Waals surface area contributed by atoms with Crippen molar-refractivity contribution in [2.24, 2.45) is 5.84 Å². The van der Waals surface area contributed by atoms with Gasteiger partial charge in [-0.3, -0.25) is 5.84 Å². The Bertz CT molecular complexity index is 378. The largest absolute Gasteiger partial charge is 0.270 e. The lowest BCUT2D eigenvalue weighted by atomic mass is 9.79. The number of benzene rings is 1. The predicted octanol–water partition coefficient (Wildman–Crippen LogP) is 1.57. The number of rotatable bonds is 2. The van der Waals surface area contributed by atoms with E-state index in [4.69, 9.17) is 12.3 Å². The average Bonchev–Trinajstić information content (AvgIpc) is 2.31. The molecule has 3 N–H and O–H groups in total. The van der Waals surface area contributed by atoms with Gasteiger partial charge in [0.1, 0.15) is 0 Å². The average molecular weight is 200 g/mol. The first kappa shape index (κ1) is 10.2. The van der Waals surface area contributed by atoms with E-state index in [1.165, 1.54) is 17.5 Å². The summed E-state index contributed by atoms with van der Waals surface area (Å²) < 4.78 is 0. The smallest absolute Gasteiger partial charge is 0.0883 e. The number of nitrogens with two attached hydrogens (primary N) is 1. The van der Waals surface area contributed by atoms with Crippen LogP contribution in [0, 0.1) is 12.3 Å². The van der Waals surface area contributed by atoms with Gasteiger partial charge in [-0.1, -0.05) is 30.2 Å². The lowest BCUT2D eigenvalue weighted by molar-refractivity contribution is 0.460. The van der Waals surface area contributed by atoms with Crippen LogP contribution in [0.2, 0.25) is 0 Å². The molecule has 0 saturated carbocycles. The molecule has 1 aromatic carbocycles. The summed E-state index contributed by atoms with van der Waals surface area (Å²) in [7, 11) is 0. The van der Waals surface area contributed by atoms with Crippen LogP contribution in [0.1, 0.15) is 29.9 Å². The SMILES string of the molecule is C#CC(NN)C1CCCc2ccccc21. The molecule has 0 saturated heterocycles. The molecule has 2 nitrogen and oxygen atoms in total. The van der Waals surface area contributed by atoms with E-state index in [2.05, 4.69) is 35.6 Å². The van der Waals surface area contributed by atoms with Crippen molar-refractivity contribution in [3.05, 3.63) is 35.4 Å². The molecule has 2 unspecified atom stereocenters. The lowest BCUT2D eigenvalue weighted by Gasteiger charge is -2.29. The maximum Gasteiger partial charge on any atom is 0.0883 e. The van der Waals surface area contributed by atoms with E-state index in [0.29, 0.717) is 5.92 Å². The molecule has 0 bridgehead atoms. The van der Waals surface area contributed by atoms with Crippen molar-refractivity contribution in [3.8, 4) is 12.3 Å². The molecule has 0 fully saturated rings. The summed E-state index contributed by atoms with van der Waals surface area (Å²) in [5.74, 6) is 8.57. The van der Waals surface area contributed by atoms with Crippen LogP contribution in [-0.4, -0.2) is 6.04 Å². The normalized spacial score (nSPS) is 21.5. The van der Waals surface area contributed by atoms with Gasteiger partial charge in [-0.15, -0.1) is 6.42 Å². The second-order valence-electron chi connectivity index (χ2n) is 4.01. The highest BCUT2D eigenvalue weighted by molar-refractivity contribution is 5.35. The molecule has 0 aliphatic heterocycles. The first-order valence-corrected chi connectivity index (χ1v) is 5.37. The maximum absolute atomic E-state index is 5.48. The molecule has 0 amide bonds. The number of aryl methyl sites for hydroxylation is 1. The van der Waals surface area contributed by atoms with Gasteiger partial charge in [-0.05, 0) is 30.4 Å².